The van der Waals surface area contributed by atoms with Crippen LogP contribution >= 0.6 is 0 Å². The van der Waals surface area contributed by atoms with E-state index in [-0.39, 0.29) is 0 Å². The standard InChI is InChI=1S/C10H11FN2O7S/c1-20-10(15)7(5-14)12-21(18,19)9-3-2-6(11)4-8(9)13(16)17/h2-4,7,12,14H,5H2,1H3. The van der Waals surface area contributed by atoms with Gasteiger partial charge in [0.2, 0.25) is 10.0 Å². The number of aliphatic hydroxyl groups is 1. The molecular weight excluding hydrogens is 311 g/mol. The number of carbonyl (C=O) groups excluding carboxylic acids is 1. The lowest BCUT2D eigenvalue weighted by atomic mass is 10.3. The van der Waals surface area contributed by atoms with Crippen molar-refractivity contribution in [2.24, 2.45) is 0 Å². The quantitative estimate of drug-likeness (QED) is 0.411. The van der Waals surface area contributed by atoms with Crippen LogP contribution in [-0.4, -0.2) is 44.2 Å². The largest absolute Gasteiger partial charge is 0.468 e. The molecule has 0 aliphatic carbocycles. The monoisotopic (exact) mass is 322 g/mol. The van der Waals surface area contributed by atoms with Crippen LogP contribution in [0.1, 0.15) is 0 Å². The number of hydrogen-bond acceptors (Lipinski definition) is 7. The van der Waals surface area contributed by atoms with Crippen LogP contribution < -0.4 is 4.72 Å². The first kappa shape index (κ1) is 16.9. The molecule has 0 heterocycles. The Bertz CT molecular complexity index is 661. The topological polar surface area (TPSA) is 136 Å². The number of benzene rings is 1. The van der Waals surface area contributed by atoms with Crippen molar-refractivity contribution in [2.75, 3.05) is 13.7 Å². The lowest BCUT2D eigenvalue weighted by Crippen LogP contribution is -2.44. The van der Waals surface area contributed by atoms with Crippen LogP contribution in [0.2, 0.25) is 0 Å². The number of aliphatic hydroxyl groups excluding tert-OH is 1. The van der Waals surface area contributed by atoms with E-state index in [4.69, 9.17) is 5.11 Å². The zero-order chi connectivity index (χ0) is 16.2. The fourth-order valence-electron chi connectivity index (χ4n) is 1.41. The summed E-state index contributed by atoms with van der Waals surface area (Å²) in [6.07, 6.45) is 0. The lowest BCUT2D eigenvalue weighted by molar-refractivity contribution is -0.388. The second kappa shape index (κ2) is 6.56. The molecule has 0 spiro atoms. The Balaban J connectivity index is 3.25. The van der Waals surface area contributed by atoms with Crippen molar-refractivity contribution >= 4 is 21.7 Å². The molecule has 1 aromatic rings. The molecule has 0 aliphatic heterocycles. The van der Waals surface area contributed by atoms with Gasteiger partial charge in [-0.1, -0.05) is 0 Å². The van der Waals surface area contributed by atoms with E-state index in [9.17, 15) is 27.7 Å². The van der Waals surface area contributed by atoms with E-state index in [1.165, 1.54) is 0 Å². The number of esters is 1. The summed E-state index contributed by atoms with van der Waals surface area (Å²) in [4.78, 5) is 20.1. The first-order valence-electron chi connectivity index (χ1n) is 5.38. The highest BCUT2D eigenvalue weighted by Gasteiger charge is 2.31. The number of carbonyl (C=O) groups is 1. The first-order valence-corrected chi connectivity index (χ1v) is 6.86. The number of nitrogens with one attached hydrogen (secondary N) is 1. The first-order chi connectivity index (χ1) is 9.72. The van der Waals surface area contributed by atoms with Gasteiger partial charge in [-0.05, 0) is 12.1 Å². The van der Waals surface area contributed by atoms with E-state index < -0.39 is 50.0 Å². The molecule has 1 atom stereocenters. The molecule has 1 rings (SSSR count). The molecule has 0 aliphatic rings. The number of sulfonamides is 1. The maximum atomic E-state index is 13.0. The third kappa shape index (κ3) is 3.93. The molecule has 21 heavy (non-hydrogen) atoms. The summed E-state index contributed by atoms with van der Waals surface area (Å²) in [5.41, 5.74) is -0.996. The van der Waals surface area contributed by atoms with Gasteiger partial charge in [-0.3, -0.25) is 14.9 Å². The highest BCUT2D eigenvalue weighted by molar-refractivity contribution is 7.89. The van der Waals surface area contributed by atoms with E-state index in [0.717, 1.165) is 7.11 Å². The van der Waals surface area contributed by atoms with Crippen LogP contribution in [0.15, 0.2) is 23.1 Å². The summed E-state index contributed by atoms with van der Waals surface area (Å²) in [7, 11) is -3.57. The minimum Gasteiger partial charge on any atom is -0.468 e. The summed E-state index contributed by atoms with van der Waals surface area (Å²) >= 11 is 0. The Morgan fingerprint density at radius 2 is 2.19 bits per heavy atom. The van der Waals surface area contributed by atoms with Gasteiger partial charge in [0, 0.05) is 0 Å². The molecule has 0 fully saturated rings. The summed E-state index contributed by atoms with van der Waals surface area (Å²) < 4.78 is 43.0. The highest BCUT2D eigenvalue weighted by atomic mass is 32.2. The zero-order valence-electron chi connectivity index (χ0n) is 10.6. The molecule has 0 bridgehead atoms. The van der Waals surface area contributed by atoms with Crippen molar-refractivity contribution in [2.45, 2.75) is 10.9 Å². The lowest BCUT2D eigenvalue weighted by Gasteiger charge is -2.14. The molecule has 0 aromatic heterocycles. The fraction of sp³-hybridized carbons (Fsp3) is 0.300. The van der Waals surface area contributed by atoms with Crippen LogP contribution in [0.25, 0.3) is 0 Å². The van der Waals surface area contributed by atoms with Gasteiger partial charge in [-0.25, -0.2) is 12.8 Å². The van der Waals surface area contributed by atoms with Gasteiger partial charge in [0.25, 0.3) is 5.69 Å². The number of ether oxygens (including phenoxy) is 1. The SMILES string of the molecule is COC(=O)C(CO)NS(=O)(=O)c1ccc(F)cc1[N+](=O)[O-]. The zero-order valence-corrected chi connectivity index (χ0v) is 11.5. The molecule has 1 unspecified atom stereocenters. The maximum Gasteiger partial charge on any atom is 0.326 e. The van der Waals surface area contributed by atoms with Crippen molar-refractivity contribution < 1.29 is 32.4 Å². The predicted octanol–water partition coefficient (Wildman–Crippen LogP) is -0.454. The Kier molecular flexibility index (Phi) is 5.29. The third-order valence-corrected chi connectivity index (χ3v) is 3.89. The summed E-state index contributed by atoms with van der Waals surface area (Å²) in [5.74, 6) is -2.07. The van der Waals surface area contributed by atoms with Crippen LogP contribution in [0.3, 0.4) is 0 Å². The van der Waals surface area contributed by atoms with Gasteiger partial charge >= 0.3 is 5.97 Å². The second-order valence-corrected chi connectivity index (χ2v) is 5.43. The Morgan fingerprint density at radius 3 is 2.67 bits per heavy atom. The van der Waals surface area contributed by atoms with E-state index >= 15 is 0 Å². The minimum absolute atomic E-state index is 0.431. The van der Waals surface area contributed by atoms with Crippen molar-refractivity contribution in [3.8, 4) is 0 Å². The summed E-state index contributed by atoms with van der Waals surface area (Å²) in [5, 5.41) is 19.7. The van der Waals surface area contributed by atoms with E-state index in [2.05, 4.69) is 4.74 Å². The normalized spacial score (nSPS) is 12.7. The fourth-order valence-corrected chi connectivity index (χ4v) is 2.74. The average Bonchev–Trinajstić information content (AvgIpc) is 2.43. The molecule has 0 amide bonds. The number of rotatable bonds is 6. The minimum atomic E-state index is -4.54. The van der Waals surface area contributed by atoms with Crippen LogP contribution in [-0.2, 0) is 19.6 Å². The smallest absolute Gasteiger partial charge is 0.326 e. The molecule has 9 nitrogen and oxygen atoms in total. The van der Waals surface area contributed by atoms with E-state index in [0.29, 0.717) is 18.2 Å². The number of methoxy groups -OCH3 is 1. The van der Waals surface area contributed by atoms with E-state index in [1.54, 1.807) is 4.72 Å². The van der Waals surface area contributed by atoms with Crippen molar-refractivity contribution in [1.29, 1.82) is 0 Å². The molecular formula is C10H11FN2O7S. The summed E-state index contributed by atoms with van der Waals surface area (Å²) in [6.45, 7) is -0.916. The van der Waals surface area contributed by atoms with Gasteiger partial charge < -0.3 is 9.84 Å². The number of halogens is 1. The number of nitro groups is 1. The van der Waals surface area contributed by atoms with Crippen molar-refractivity contribution in [3.05, 3.63) is 34.1 Å². The molecule has 1 aromatic carbocycles. The Labute approximate surface area is 118 Å². The van der Waals surface area contributed by atoms with Crippen molar-refractivity contribution in [1.82, 2.24) is 4.72 Å². The van der Waals surface area contributed by atoms with Crippen LogP contribution in [0, 0.1) is 15.9 Å². The number of nitrogens with zero attached hydrogens (tertiary/aromatic N) is 1. The number of hydrogen-bond donors (Lipinski definition) is 2. The third-order valence-electron chi connectivity index (χ3n) is 2.37. The van der Waals surface area contributed by atoms with Gasteiger partial charge in [0.05, 0.1) is 24.7 Å². The average molecular weight is 322 g/mol. The van der Waals surface area contributed by atoms with Gasteiger partial charge in [0.15, 0.2) is 4.90 Å². The molecule has 0 saturated carbocycles. The Hall–Kier alpha value is -2.11. The molecule has 2 N–H and O–H groups in total. The predicted molar refractivity (Wildman–Crippen MR) is 66.3 cm³/mol. The van der Waals surface area contributed by atoms with Gasteiger partial charge in [-0.2, -0.15) is 4.72 Å². The number of nitro benzene ring substituents is 1. The van der Waals surface area contributed by atoms with Crippen LogP contribution in [0.4, 0.5) is 10.1 Å². The van der Waals surface area contributed by atoms with Gasteiger partial charge in [-0.15, -0.1) is 0 Å². The maximum absolute atomic E-state index is 13.0. The van der Waals surface area contributed by atoms with Gasteiger partial charge in [0.1, 0.15) is 11.9 Å². The molecule has 116 valence electrons. The summed E-state index contributed by atoms with van der Waals surface area (Å²) in [6, 6.07) is 0.195. The van der Waals surface area contributed by atoms with Crippen LogP contribution in [0.5, 0.6) is 0 Å². The second-order valence-electron chi connectivity index (χ2n) is 3.75. The van der Waals surface area contributed by atoms with Crippen molar-refractivity contribution in [3.63, 3.8) is 0 Å². The molecule has 0 radical (unpaired) electrons. The Morgan fingerprint density at radius 1 is 1.57 bits per heavy atom. The molecule has 0 saturated heterocycles. The van der Waals surface area contributed by atoms with E-state index in [1.807, 2.05) is 0 Å². The highest BCUT2D eigenvalue weighted by Crippen LogP contribution is 2.24. The molecule has 11 heteroatoms.